The van der Waals surface area contributed by atoms with Crippen LogP contribution in [0.3, 0.4) is 0 Å². The summed E-state index contributed by atoms with van der Waals surface area (Å²) in [6.07, 6.45) is 6.33. The molecule has 0 bridgehead atoms. The van der Waals surface area contributed by atoms with Crippen LogP contribution in [-0.4, -0.2) is 29.1 Å². The van der Waals surface area contributed by atoms with Gasteiger partial charge in [-0.05, 0) is 44.1 Å². The highest BCUT2D eigenvalue weighted by Crippen LogP contribution is 2.34. The van der Waals surface area contributed by atoms with Crippen molar-refractivity contribution in [2.45, 2.75) is 51.2 Å². The van der Waals surface area contributed by atoms with Crippen LogP contribution >= 0.6 is 11.6 Å². The van der Waals surface area contributed by atoms with E-state index in [2.05, 4.69) is 16.0 Å². The van der Waals surface area contributed by atoms with Crippen LogP contribution in [0.4, 0.5) is 5.82 Å². The Kier molecular flexibility index (Phi) is 4.70. The van der Waals surface area contributed by atoms with Crippen LogP contribution in [0, 0.1) is 11.3 Å². The molecule has 1 atom stereocenters. The number of rotatable bonds is 4. The molecule has 1 N–H and O–H groups in total. The standard InChI is InChI=1S/C16H20ClN3O2/c17-8-15(21)19-16-13(9-18)12-5-1-2-6-14(12)20(16)10-11-4-3-7-22-11/h11H,1-8,10H2,(H,19,21)/t11-/m1/s1. The second kappa shape index (κ2) is 6.72. The molecule has 0 saturated carbocycles. The number of carbonyl (C=O) groups excluding carboxylic acids is 1. The molecule has 0 spiro atoms. The van der Waals surface area contributed by atoms with Crippen molar-refractivity contribution in [1.29, 1.82) is 5.26 Å². The number of aromatic nitrogens is 1. The lowest BCUT2D eigenvalue weighted by Crippen LogP contribution is -2.22. The van der Waals surface area contributed by atoms with Gasteiger partial charge in [-0.2, -0.15) is 5.26 Å². The summed E-state index contributed by atoms with van der Waals surface area (Å²) in [6.45, 7) is 1.49. The molecule has 118 valence electrons. The SMILES string of the molecule is N#Cc1c2c(n(C[C@H]3CCCO3)c1NC(=O)CCl)CCCC2. The molecule has 1 fully saturated rings. The Hall–Kier alpha value is -1.51. The fourth-order valence-electron chi connectivity index (χ4n) is 3.48. The van der Waals surface area contributed by atoms with Gasteiger partial charge in [-0.3, -0.25) is 4.79 Å². The number of amides is 1. The van der Waals surface area contributed by atoms with Gasteiger partial charge in [-0.15, -0.1) is 11.6 Å². The van der Waals surface area contributed by atoms with Crippen molar-refractivity contribution in [2.75, 3.05) is 17.8 Å². The van der Waals surface area contributed by atoms with Crippen LogP contribution in [-0.2, 0) is 28.9 Å². The van der Waals surface area contributed by atoms with Gasteiger partial charge in [-0.25, -0.2) is 0 Å². The maximum Gasteiger partial charge on any atom is 0.240 e. The fourth-order valence-corrected chi connectivity index (χ4v) is 3.55. The van der Waals surface area contributed by atoms with Crippen molar-refractivity contribution < 1.29 is 9.53 Å². The Labute approximate surface area is 135 Å². The summed E-state index contributed by atoms with van der Waals surface area (Å²) in [6, 6.07) is 2.28. The van der Waals surface area contributed by atoms with Gasteiger partial charge < -0.3 is 14.6 Å². The number of nitriles is 1. The molecule has 22 heavy (non-hydrogen) atoms. The Bertz CT molecular complexity index is 612. The molecule has 1 aromatic rings. The minimum absolute atomic E-state index is 0.110. The quantitative estimate of drug-likeness (QED) is 0.867. The zero-order chi connectivity index (χ0) is 15.5. The van der Waals surface area contributed by atoms with Crippen molar-refractivity contribution in [2.24, 2.45) is 0 Å². The van der Waals surface area contributed by atoms with Gasteiger partial charge in [0.25, 0.3) is 0 Å². The maximum atomic E-state index is 11.8. The van der Waals surface area contributed by atoms with Gasteiger partial charge in [0.1, 0.15) is 17.8 Å². The summed E-state index contributed by atoms with van der Waals surface area (Å²) in [5.74, 6) is 0.220. The molecule has 6 heteroatoms. The Morgan fingerprint density at radius 2 is 2.23 bits per heavy atom. The van der Waals surface area contributed by atoms with E-state index in [4.69, 9.17) is 16.3 Å². The highest BCUT2D eigenvalue weighted by molar-refractivity contribution is 6.29. The number of nitrogens with one attached hydrogen (secondary N) is 1. The highest BCUT2D eigenvalue weighted by atomic mass is 35.5. The molecule has 0 radical (unpaired) electrons. The average Bonchev–Trinajstić information content (AvgIpc) is 3.15. The molecule has 1 saturated heterocycles. The average molecular weight is 322 g/mol. The summed E-state index contributed by atoms with van der Waals surface area (Å²) in [5.41, 5.74) is 2.88. The van der Waals surface area contributed by atoms with Crippen molar-refractivity contribution in [3.8, 4) is 6.07 Å². The van der Waals surface area contributed by atoms with Crippen LogP contribution in [0.2, 0.25) is 0 Å². The third-order valence-corrected chi connectivity index (χ3v) is 4.72. The minimum Gasteiger partial charge on any atom is -0.376 e. The largest absolute Gasteiger partial charge is 0.376 e. The number of nitrogens with zero attached hydrogens (tertiary/aromatic N) is 2. The highest BCUT2D eigenvalue weighted by Gasteiger charge is 2.28. The molecule has 1 aliphatic heterocycles. The lowest BCUT2D eigenvalue weighted by molar-refractivity contribution is -0.114. The minimum atomic E-state index is -0.276. The molecular formula is C16H20ClN3O2. The van der Waals surface area contributed by atoms with Crippen LogP contribution in [0.1, 0.15) is 42.5 Å². The van der Waals surface area contributed by atoms with Crippen molar-refractivity contribution >= 4 is 23.3 Å². The molecule has 5 nitrogen and oxygen atoms in total. The summed E-state index contributed by atoms with van der Waals surface area (Å²) < 4.78 is 7.83. The topological polar surface area (TPSA) is 67.1 Å². The van der Waals surface area contributed by atoms with Gasteiger partial charge in [0.2, 0.25) is 5.91 Å². The van der Waals surface area contributed by atoms with E-state index in [1.807, 2.05) is 0 Å². The normalized spacial score (nSPS) is 20.5. The fraction of sp³-hybridized carbons (Fsp3) is 0.625. The van der Waals surface area contributed by atoms with Crippen molar-refractivity contribution in [3.05, 3.63) is 16.8 Å². The third-order valence-electron chi connectivity index (χ3n) is 4.47. The van der Waals surface area contributed by atoms with E-state index in [0.29, 0.717) is 17.9 Å². The first-order chi connectivity index (χ1) is 10.7. The van der Waals surface area contributed by atoms with Crippen LogP contribution in [0.5, 0.6) is 0 Å². The third kappa shape index (κ3) is 2.86. The van der Waals surface area contributed by atoms with Crippen LogP contribution in [0.15, 0.2) is 0 Å². The molecular weight excluding hydrogens is 302 g/mol. The van der Waals surface area contributed by atoms with Gasteiger partial charge >= 0.3 is 0 Å². The number of alkyl halides is 1. The van der Waals surface area contributed by atoms with Gasteiger partial charge in [0, 0.05) is 12.3 Å². The lowest BCUT2D eigenvalue weighted by Gasteiger charge is -2.19. The van der Waals surface area contributed by atoms with Crippen LogP contribution in [0.25, 0.3) is 0 Å². The van der Waals surface area contributed by atoms with Gasteiger partial charge in [0.15, 0.2) is 0 Å². The number of ether oxygens (including phenoxy) is 1. The molecule has 0 aromatic carbocycles. The number of hydrogen-bond acceptors (Lipinski definition) is 3. The molecule has 1 aromatic heterocycles. The summed E-state index contributed by atoms with van der Waals surface area (Å²) in [7, 11) is 0. The zero-order valence-corrected chi connectivity index (χ0v) is 13.3. The van der Waals surface area contributed by atoms with Crippen molar-refractivity contribution in [3.63, 3.8) is 0 Å². The number of fused-ring (bicyclic) bond motifs is 1. The Balaban J connectivity index is 2.01. The van der Waals surface area contributed by atoms with E-state index in [9.17, 15) is 10.1 Å². The molecule has 1 aliphatic carbocycles. The maximum absolute atomic E-state index is 11.8. The number of hydrogen-bond donors (Lipinski definition) is 1. The molecule has 2 heterocycles. The Morgan fingerprint density at radius 3 is 2.91 bits per heavy atom. The predicted molar refractivity (Wildman–Crippen MR) is 84.1 cm³/mol. The summed E-state index contributed by atoms with van der Waals surface area (Å²) >= 11 is 5.62. The molecule has 3 rings (SSSR count). The molecule has 0 unspecified atom stereocenters. The van der Waals surface area contributed by atoms with Gasteiger partial charge in [-0.1, -0.05) is 0 Å². The zero-order valence-electron chi connectivity index (χ0n) is 12.5. The molecule has 1 amide bonds. The van der Waals surface area contributed by atoms with E-state index in [1.54, 1.807) is 0 Å². The Morgan fingerprint density at radius 1 is 1.41 bits per heavy atom. The van der Waals surface area contributed by atoms with E-state index in [1.165, 1.54) is 5.69 Å². The first kappa shape index (κ1) is 15.4. The summed E-state index contributed by atoms with van der Waals surface area (Å²) in [5, 5.41) is 12.4. The van der Waals surface area contributed by atoms with E-state index < -0.39 is 0 Å². The van der Waals surface area contributed by atoms with E-state index >= 15 is 0 Å². The van der Waals surface area contributed by atoms with Crippen LogP contribution < -0.4 is 5.32 Å². The predicted octanol–water partition coefficient (Wildman–Crippen LogP) is 2.59. The smallest absolute Gasteiger partial charge is 0.240 e. The lowest BCUT2D eigenvalue weighted by atomic mass is 9.95. The first-order valence-corrected chi connectivity index (χ1v) is 8.39. The van der Waals surface area contributed by atoms with Crippen molar-refractivity contribution in [1.82, 2.24) is 4.57 Å². The second-order valence-corrected chi connectivity index (χ2v) is 6.16. The monoisotopic (exact) mass is 321 g/mol. The van der Waals surface area contributed by atoms with E-state index in [0.717, 1.165) is 50.7 Å². The van der Waals surface area contributed by atoms with Gasteiger partial charge in [0.05, 0.1) is 18.2 Å². The number of halogens is 1. The van der Waals surface area contributed by atoms with E-state index in [-0.39, 0.29) is 17.9 Å². The second-order valence-electron chi connectivity index (χ2n) is 5.90. The number of anilines is 1. The molecule has 2 aliphatic rings. The first-order valence-electron chi connectivity index (χ1n) is 7.86. The summed E-state index contributed by atoms with van der Waals surface area (Å²) in [4.78, 5) is 11.8. The number of carbonyl (C=O) groups is 1.